The van der Waals surface area contributed by atoms with Crippen LogP contribution in [0.3, 0.4) is 0 Å². The smallest absolute Gasteiger partial charge is 0.329 e. The molecule has 0 aromatic rings. The Balaban J connectivity index is 2.54. The van der Waals surface area contributed by atoms with E-state index < -0.39 is 17.6 Å². The SMILES string of the molecule is CCCCOC(C)C(=O)NC1(C(=O)O)CCOCC1. The molecule has 2 N–H and O–H groups in total. The number of nitrogens with one attached hydrogen (secondary N) is 1. The summed E-state index contributed by atoms with van der Waals surface area (Å²) < 4.78 is 10.5. The fourth-order valence-electron chi connectivity index (χ4n) is 1.93. The summed E-state index contributed by atoms with van der Waals surface area (Å²) >= 11 is 0. The number of carboxylic acid groups (broad SMARTS) is 1. The Hall–Kier alpha value is -1.14. The summed E-state index contributed by atoms with van der Waals surface area (Å²) in [5, 5.41) is 11.9. The molecule has 19 heavy (non-hydrogen) atoms. The van der Waals surface area contributed by atoms with Gasteiger partial charge in [0.05, 0.1) is 0 Å². The van der Waals surface area contributed by atoms with Crippen LogP contribution in [-0.2, 0) is 19.1 Å². The number of rotatable bonds is 7. The van der Waals surface area contributed by atoms with Gasteiger partial charge >= 0.3 is 5.97 Å². The maximum Gasteiger partial charge on any atom is 0.329 e. The molecule has 1 amide bonds. The van der Waals surface area contributed by atoms with Crippen LogP contribution in [0.15, 0.2) is 0 Å². The van der Waals surface area contributed by atoms with Crippen molar-refractivity contribution >= 4 is 11.9 Å². The highest BCUT2D eigenvalue weighted by Gasteiger charge is 2.42. The molecule has 1 aliphatic rings. The lowest BCUT2D eigenvalue weighted by Crippen LogP contribution is -2.59. The number of hydrogen-bond acceptors (Lipinski definition) is 4. The molecule has 1 saturated heterocycles. The number of hydrogen-bond donors (Lipinski definition) is 2. The van der Waals surface area contributed by atoms with Crippen molar-refractivity contribution in [3.05, 3.63) is 0 Å². The molecule has 1 atom stereocenters. The Bertz CT molecular complexity index is 312. The third-order valence-electron chi connectivity index (χ3n) is 3.35. The normalized spacial score (nSPS) is 19.7. The van der Waals surface area contributed by atoms with Crippen molar-refractivity contribution in [2.75, 3.05) is 19.8 Å². The fourth-order valence-corrected chi connectivity index (χ4v) is 1.93. The van der Waals surface area contributed by atoms with Crippen molar-refractivity contribution in [2.45, 2.75) is 51.2 Å². The summed E-state index contributed by atoms with van der Waals surface area (Å²) in [4.78, 5) is 23.4. The van der Waals surface area contributed by atoms with Crippen molar-refractivity contribution < 1.29 is 24.2 Å². The van der Waals surface area contributed by atoms with Crippen LogP contribution in [0, 0.1) is 0 Å². The minimum atomic E-state index is -1.21. The van der Waals surface area contributed by atoms with Crippen LogP contribution in [0.25, 0.3) is 0 Å². The van der Waals surface area contributed by atoms with Gasteiger partial charge in [-0.3, -0.25) is 4.79 Å². The quantitative estimate of drug-likeness (QED) is 0.674. The highest BCUT2D eigenvalue weighted by atomic mass is 16.5. The maximum absolute atomic E-state index is 12.0. The van der Waals surface area contributed by atoms with E-state index in [9.17, 15) is 14.7 Å². The first-order chi connectivity index (χ1) is 9.02. The van der Waals surface area contributed by atoms with Gasteiger partial charge < -0.3 is 19.9 Å². The van der Waals surface area contributed by atoms with Crippen LogP contribution in [0.4, 0.5) is 0 Å². The molecule has 0 aromatic carbocycles. The Morgan fingerprint density at radius 2 is 2.05 bits per heavy atom. The number of amides is 1. The van der Waals surface area contributed by atoms with Gasteiger partial charge in [-0.25, -0.2) is 4.79 Å². The van der Waals surface area contributed by atoms with Crippen LogP contribution in [-0.4, -0.2) is 48.4 Å². The Labute approximate surface area is 113 Å². The van der Waals surface area contributed by atoms with E-state index in [1.165, 1.54) is 0 Å². The van der Waals surface area contributed by atoms with E-state index in [4.69, 9.17) is 9.47 Å². The standard InChI is InChI=1S/C13H23NO5/c1-3-4-7-19-10(2)11(15)14-13(12(16)17)5-8-18-9-6-13/h10H,3-9H2,1-2H3,(H,14,15)(H,16,17). The van der Waals surface area contributed by atoms with Crippen LogP contribution >= 0.6 is 0 Å². The van der Waals surface area contributed by atoms with Gasteiger partial charge in [0, 0.05) is 32.7 Å². The number of ether oxygens (including phenoxy) is 2. The molecule has 6 nitrogen and oxygen atoms in total. The van der Waals surface area contributed by atoms with Crippen molar-refractivity contribution in [3.63, 3.8) is 0 Å². The zero-order valence-corrected chi connectivity index (χ0v) is 11.6. The van der Waals surface area contributed by atoms with E-state index in [1.807, 2.05) is 6.92 Å². The van der Waals surface area contributed by atoms with Gasteiger partial charge in [-0.2, -0.15) is 0 Å². The summed E-state index contributed by atoms with van der Waals surface area (Å²) in [6.45, 7) is 4.87. The lowest BCUT2D eigenvalue weighted by Gasteiger charge is -2.34. The minimum absolute atomic E-state index is 0.287. The van der Waals surface area contributed by atoms with E-state index in [0.29, 0.717) is 19.8 Å². The summed E-state index contributed by atoms with van der Waals surface area (Å²) in [6.07, 6.45) is 1.82. The molecule has 1 aliphatic heterocycles. The van der Waals surface area contributed by atoms with E-state index in [0.717, 1.165) is 12.8 Å². The number of unbranched alkanes of at least 4 members (excludes halogenated alkanes) is 1. The van der Waals surface area contributed by atoms with Crippen molar-refractivity contribution in [1.82, 2.24) is 5.32 Å². The van der Waals surface area contributed by atoms with Gasteiger partial charge in [0.2, 0.25) is 5.91 Å². The first-order valence-corrected chi connectivity index (χ1v) is 6.76. The number of carbonyl (C=O) groups excluding carboxylic acids is 1. The maximum atomic E-state index is 12.0. The largest absolute Gasteiger partial charge is 0.480 e. The summed E-state index contributed by atoms with van der Waals surface area (Å²) in [5.41, 5.74) is -1.21. The molecular weight excluding hydrogens is 250 g/mol. The van der Waals surface area contributed by atoms with Gasteiger partial charge in [0.25, 0.3) is 0 Å². The predicted octanol–water partition coefficient (Wildman–Crippen LogP) is 0.942. The molecule has 1 unspecified atom stereocenters. The topological polar surface area (TPSA) is 84.9 Å². The van der Waals surface area contributed by atoms with Gasteiger partial charge in [0.1, 0.15) is 11.6 Å². The highest BCUT2D eigenvalue weighted by Crippen LogP contribution is 2.21. The molecule has 0 radical (unpaired) electrons. The molecule has 1 rings (SSSR count). The van der Waals surface area contributed by atoms with Crippen molar-refractivity contribution in [1.29, 1.82) is 0 Å². The predicted molar refractivity (Wildman–Crippen MR) is 68.9 cm³/mol. The molecule has 6 heteroatoms. The summed E-state index contributed by atoms with van der Waals surface area (Å²) in [5.74, 6) is -1.38. The van der Waals surface area contributed by atoms with E-state index >= 15 is 0 Å². The van der Waals surface area contributed by atoms with E-state index in [-0.39, 0.29) is 18.7 Å². The highest BCUT2D eigenvalue weighted by molar-refractivity contribution is 5.89. The first kappa shape index (κ1) is 15.9. The van der Waals surface area contributed by atoms with Crippen LogP contribution < -0.4 is 5.32 Å². The second-order valence-electron chi connectivity index (χ2n) is 4.86. The average molecular weight is 273 g/mol. The second kappa shape index (κ2) is 7.45. The third-order valence-corrected chi connectivity index (χ3v) is 3.35. The van der Waals surface area contributed by atoms with Crippen molar-refractivity contribution in [3.8, 4) is 0 Å². The van der Waals surface area contributed by atoms with Gasteiger partial charge in [-0.1, -0.05) is 13.3 Å². The van der Waals surface area contributed by atoms with Crippen molar-refractivity contribution in [2.24, 2.45) is 0 Å². The molecule has 0 spiro atoms. The zero-order chi connectivity index (χ0) is 14.3. The molecular formula is C13H23NO5. The molecule has 110 valence electrons. The summed E-state index contributed by atoms with van der Waals surface area (Å²) in [6, 6.07) is 0. The first-order valence-electron chi connectivity index (χ1n) is 6.76. The third kappa shape index (κ3) is 4.47. The number of carboxylic acids is 1. The molecule has 1 fully saturated rings. The van der Waals surface area contributed by atoms with Crippen LogP contribution in [0.5, 0.6) is 0 Å². The molecule has 0 aliphatic carbocycles. The molecule has 0 saturated carbocycles. The van der Waals surface area contributed by atoms with Crippen LogP contribution in [0.2, 0.25) is 0 Å². The van der Waals surface area contributed by atoms with Gasteiger partial charge in [0.15, 0.2) is 0 Å². The Morgan fingerprint density at radius 3 is 2.58 bits per heavy atom. The molecule has 0 aromatic heterocycles. The van der Waals surface area contributed by atoms with Gasteiger partial charge in [-0.15, -0.1) is 0 Å². The minimum Gasteiger partial charge on any atom is -0.480 e. The van der Waals surface area contributed by atoms with Gasteiger partial charge in [-0.05, 0) is 13.3 Å². The number of carbonyl (C=O) groups is 2. The lowest BCUT2D eigenvalue weighted by molar-refractivity contribution is -0.154. The van der Waals surface area contributed by atoms with E-state index in [1.54, 1.807) is 6.92 Å². The zero-order valence-electron chi connectivity index (χ0n) is 11.6. The average Bonchev–Trinajstić information content (AvgIpc) is 2.39. The van der Waals surface area contributed by atoms with Crippen LogP contribution in [0.1, 0.15) is 39.5 Å². The Morgan fingerprint density at radius 1 is 1.42 bits per heavy atom. The molecule has 1 heterocycles. The lowest BCUT2D eigenvalue weighted by atomic mass is 9.90. The van der Waals surface area contributed by atoms with E-state index in [2.05, 4.69) is 5.32 Å². The molecule has 0 bridgehead atoms. The Kier molecular flexibility index (Phi) is 6.24. The second-order valence-corrected chi connectivity index (χ2v) is 4.86. The monoisotopic (exact) mass is 273 g/mol. The number of aliphatic carboxylic acids is 1. The fraction of sp³-hybridized carbons (Fsp3) is 0.846. The summed E-state index contributed by atoms with van der Waals surface area (Å²) in [7, 11) is 0.